The number of rotatable bonds is 4. The summed E-state index contributed by atoms with van der Waals surface area (Å²) in [7, 11) is 0. The number of nitrogens with one attached hydrogen (secondary N) is 1. The van der Waals surface area contributed by atoms with Crippen molar-refractivity contribution in [2.45, 2.75) is 37.3 Å². The summed E-state index contributed by atoms with van der Waals surface area (Å²) >= 11 is 10.7. The molecule has 33 heavy (non-hydrogen) atoms. The van der Waals surface area contributed by atoms with E-state index in [1.54, 1.807) is 0 Å². The Kier molecular flexibility index (Phi) is 6.30. The number of halogens is 2. The van der Waals surface area contributed by atoms with Gasteiger partial charge in [-0.25, -0.2) is 9.37 Å². The second-order valence-corrected chi connectivity index (χ2v) is 9.59. The Morgan fingerprint density at radius 3 is 2.73 bits per heavy atom. The molecule has 2 fully saturated rings. The Morgan fingerprint density at radius 1 is 1.18 bits per heavy atom. The maximum Gasteiger partial charge on any atom is 0.243 e. The molecule has 1 aromatic carbocycles. The van der Waals surface area contributed by atoms with Crippen LogP contribution < -0.4 is 10.2 Å². The van der Waals surface area contributed by atoms with Crippen molar-refractivity contribution in [2.75, 3.05) is 31.1 Å². The highest BCUT2D eigenvalue weighted by Crippen LogP contribution is 2.41. The van der Waals surface area contributed by atoms with Crippen LogP contribution in [0.5, 0.6) is 0 Å². The first kappa shape index (κ1) is 22.6. The van der Waals surface area contributed by atoms with Crippen molar-refractivity contribution in [3.8, 4) is 0 Å². The fourth-order valence-electron chi connectivity index (χ4n) is 4.95. The molecular formula is C23H25ClFN5O2S. The van der Waals surface area contributed by atoms with Crippen LogP contribution in [0, 0.1) is 5.82 Å². The van der Waals surface area contributed by atoms with E-state index in [0.29, 0.717) is 38.3 Å². The number of hydrogen-bond acceptors (Lipinski definition) is 7. The monoisotopic (exact) mass is 489 g/mol. The van der Waals surface area contributed by atoms with Gasteiger partial charge in [0.05, 0.1) is 16.4 Å². The second kappa shape index (κ2) is 9.21. The van der Waals surface area contributed by atoms with E-state index in [0.717, 1.165) is 25.2 Å². The average Bonchev–Trinajstić information content (AvgIpc) is 3.14. The third-order valence-electron chi connectivity index (χ3n) is 6.74. The van der Waals surface area contributed by atoms with Crippen LogP contribution >= 0.6 is 24.2 Å². The number of aromatic nitrogens is 1. The summed E-state index contributed by atoms with van der Waals surface area (Å²) < 4.78 is 14.3. The Bertz CT molecular complexity index is 1090. The van der Waals surface area contributed by atoms with Gasteiger partial charge in [0.1, 0.15) is 0 Å². The Morgan fingerprint density at radius 2 is 1.97 bits per heavy atom. The lowest BCUT2D eigenvalue weighted by atomic mass is 10.0. The van der Waals surface area contributed by atoms with Gasteiger partial charge < -0.3 is 4.90 Å². The normalized spacial score (nSPS) is 24.2. The van der Waals surface area contributed by atoms with Gasteiger partial charge in [0.15, 0.2) is 11.6 Å². The summed E-state index contributed by atoms with van der Waals surface area (Å²) in [5, 5.41) is 2.36. The molecule has 0 radical (unpaired) electrons. The largest absolute Gasteiger partial charge is 0.352 e. The van der Waals surface area contributed by atoms with Crippen LogP contribution in [0.25, 0.3) is 0 Å². The maximum absolute atomic E-state index is 14.3. The van der Waals surface area contributed by atoms with Gasteiger partial charge in [0.25, 0.3) is 0 Å². The van der Waals surface area contributed by atoms with Gasteiger partial charge in [0, 0.05) is 51.9 Å². The molecule has 174 valence electrons. The van der Waals surface area contributed by atoms with Crippen molar-refractivity contribution in [1.29, 1.82) is 0 Å². The first-order valence-corrected chi connectivity index (χ1v) is 12.0. The first-order chi connectivity index (χ1) is 15.9. The van der Waals surface area contributed by atoms with Crippen LogP contribution in [0.1, 0.15) is 34.9 Å². The lowest BCUT2D eigenvalue weighted by Crippen LogP contribution is -2.51. The molecule has 0 bridgehead atoms. The molecule has 0 saturated carbocycles. The minimum absolute atomic E-state index is 0.0872. The summed E-state index contributed by atoms with van der Waals surface area (Å²) in [4.78, 5) is 34.5. The second-order valence-electron chi connectivity index (χ2n) is 8.69. The van der Waals surface area contributed by atoms with Crippen LogP contribution in [0.3, 0.4) is 0 Å². The smallest absolute Gasteiger partial charge is 0.243 e. The Hall–Kier alpha value is -2.20. The van der Waals surface area contributed by atoms with Gasteiger partial charge in [-0.3, -0.25) is 24.7 Å². The fourth-order valence-corrected chi connectivity index (χ4v) is 5.58. The quantitative estimate of drug-likeness (QED) is 0.508. The number of anilines is 1. The minimum atomic E-state index is -0.471. The van der Waals surface area contributed by atoms with Gasteiger partial charge in [-0.05, 0) is 29.2 Å². The van der Waals surface area contributed by atoms with E-state index in [9.17, 15) is 14.0 Å². The topological polar surface area (TPSA) is 68.8 Å². The number of pyridine rings is 1. The SMILES string of the molecule is O=C1CCC(N2Cc3c(CN4CCN(c5nccc(Cl)c5F)CC4)cccc3C2S)C(=O)N1. The molecule has 7 nitrogen and oxygen atoms in total. The summed E-state index contributed by atoms with van der Waals surface area (Å²) in [5.74, 6) is -0.614. The van der Waals surface area contributed by atoms with Crippen LogP contribution in [0.4, 0.5) is 10.2 Å². The zero-order valence-corrected chi connectivity index (χ0v) is 19.7. The molecule has 10 heteroatoms. The molecule has 2 atom stereocenters. The minimum Gasteiger partial charge on any atom is -0.352 e. The lowest BCUT2D eigenvalue weighted by molar-refractivity contribution is -0.137. The van der Waals surface area contributed by atoms with Crippen molar-refractivity contribution in [3.63, 3.8) is 0 Å². The standard InChI is InChI=1S/C23H25ClFN5O2S/c24-17-6-7-26-21(20(17)25)29-10-8-28(9-11-29)12-14-2-1-3-15-16(14)13-30(23(15)33)18-4-5-19(31)27-22(18)32/h1-3,6-7,18,23,33H,4-5,8-13H2,(H,27,31,32). The zero-order chi connectivity index (χ0) is 23.1. The van der Waals surface area contributed by atoms with Crippen molar-refractivity contribution >= 4 is 41.9 Å². The number of thiol groups is 1. The number of piperidine rings is 1. The van der Waals surface area contributed by atoms with E-state index in [1.807, 2.05) is 11.0 Å². The van der Waals surface area contributed by atoms with Crippen LogP contribution in [-0.2, 0) is 22.7 Å². The number of carbonyl (C=O) groups excluding carboxylic acids is 2. The molecule has 2 saturated heterocycles. The highest BCUT2D eigenvalue weighted by atomic mass is 35.5. The number of fused-ring (bicyclic) bond motifs is 1. The van der Waals surface area contributed by atoms with Crippen molar-refractivity contribution in [2.24, 2.45) is 0 Å². The third-order valence-corrected chi connectivity index (χ3v) is 7.61. The van der Waals surface area contributed by atoms with Gasteiger partial charge in [0.2, 0.25) is 11.8 Å². The predicted octanol–water partition coefficient (Wildman–Crippen LogP) is 2.75. The average molecular weight is 490 g/mol. The van der Waals surface area contributed by atoms with Crippen molar-refractivity contribution < 1.29 is 14.0 Å². The highest BCUT2D eigenvalue weighted by Gasteiger charge is 2.39. The van der Waals surface area contributed by atoms with E-state index < -0.39 is 5.82 Å². The summed E-state index contributed by atoms with van der Waals surface area (Å²) in [6.07, 6.45) is 2.40. The first-order valence-electron chi connectivity index (χ1n) is 11.1. The van der Waals surface area contributed by atoms with Crippen molar-refractivity contribution in [3.05, 3.63) is 58.0 Å². The van der Waals surface area contributed by atoms with Gasteiger partial charge in [-0.2, -0.15) is 12.6 Å². The molecule has 2 aromatic rings. The number of imide groups is 1. The summed E-state index contributed by atoms with van der Waals surface area (Å²) in [5.41, 5.74) is 3.53. The van der Waals surface area contributed by atoms with E-state index in [-0.39, 0.29) is 28.3 Å². The molecule has 0 spiro atoms. The Labute approximate surface area is 202 Å². The molecule has 3 aliphatic rings. The fraction of sp³-hybridized carbons (Fsp3) is 0.435. The van der Waals surface area contributed by atoms with Crippen LogP contribution in [0.15, 0.2) is 30.5 Å². The van der Waals surface area contributed by atoms with Crippen LogP contribution in [0.2, 0.25) is 5.02 Å². The van der Waals surface area contributed by atoms with E-state index in [4.69, 9.17) is 24.2 Å². The third kappa shape index (κ3) is 4.35. The molecule has 1 aromatic heterocycles. The number of benzene rings is 1. The van der Waals surface area contributed by atoms with E-state index in [2.05, 4.69) is 32.2 Å². The maximum atomic E-state index is 14.3. The molecule has 3 aliphatic heterocycles. The molecule has 5 rings (SSSR count). The van der Waals surface area contributed by atoms with Gasteiger partial charge >= 0.3 is 0 Å². The lowest BCUT2D eigenvalue weighted by Gasteiger charge is -2.35. The molecule has 2 unspecified atom stereocenters. The zero-order valence-electron chi connectivity index (χ0n) is 18.0. The van der Waals surface area contributed by atoms with Gasteiger partial charge in [-0.15, -0.1) is 0 Å². The van der Waals surface area contributed by atoms with E-state index >= 15 is 0 Å². The van der Waals surface area contributed by atoms with E-state index in [1.165, 1.54) is 23.4 Å². The number of carbonyl (C=O) groups is 2. The number of hydrogen-bond donors (Lipinski definition) is 2. The number of amides is 2. The van der Waals surface area contributed by atoms with Crippen LogP contribution in [-0.4, -0.2) is 58.8 Å². The van der Waals surface area contributed by atoms with Crippen molar-refractivity contribution in [1.82, 2.24) is 20.1 Å². The molecule has 2 amide bonds. The molecule has 4 heterocycles. The highest BCUT2D eigenvalue weighted by molar-refractivity contribution is 7.80. The number of piperazine rings is 1. The van der Waals surface area contributed by atoms with Gasteiger partial charge in [-0.1, -0.05) is 29.8 Å². The molecule has 0 aliphatic carbocycles. The predicted molar refractivity (Wildman–Crippen MR) is 127 cm³/mol. The molecular weight excluding hydrogens is 465 g/mol. The molecule has 1 N–H and O–H groups in total. The summed E-state index contributed by atoms with van der Waals surface area (Å²) in [6, 6.07) is 7.33. The number of nitrogens with zero attached hydrogens (tertiary/aromatic N) is 4. The summed E-state index contributed by atoms with van der Waals surface area (Å²) in [6.45, 7) is 4.28. The Balaban J connectivity index is 1.26.